The normalized spacial score (nSPS) is 13.3. The molecule has 0 saturated heterocycles. The van der Waals surface area contributed by atoms with Gasteiger partial charge < -0.3 is 15.6 Å². The molecule has 0 aliphatic rings. The number of nitrogens with two attached hydrogens (primary N) is 1. The predicted octanol–water partition coefficient (Wildman–Crippen LogP) is 3.60. The number of Topliss-reactive ketones (excluding diaryl/α,β-unsaturated/α-hetero) is 1. The standard InChI is InChI=1S/C22H29NO3/c1-16-7-8-18(17(2)13-16)5-4-6-21(25)19-9-11-20(12-10-19)26-15-22(3,23)14-24/h7-13,24H,4-6,14-15,23H2,1-3H3. The molecule has 0 saturated carbocycles. The first-order valence-electron chi connectivity index (χ1n) is 9.03. The van der Waals surface area contributed by atoms with Crippen molar-refractivity contribution in [2.24, 2.45) is 5.73 Å². The quantitative estimate of drug-likeness (QED) is 0.674. The Morgan fingerprint density at radius 1 is 1.15 bits per heavy atom. The SMILES string of the molecule is Cc1ccc(CCCC(=O)c2ccc(OCC(C)(N)CO)cc2)c(C)c1. The molecule has 4 heteroatoms. The van der Waals surface area contributed by atoms with Crippen molar-refractivity contribution < 1.29 is 14.6 Å². The van der Waals surface area contributed by atoms with Gasteiger partial charge in [-0.1, -0.05) is 23.8 Å². The summed E-state index contributed by atoms with van der Waals surface area (Å²) in [6.45, 7) is 5.99. The summed E-state index contributed by atoms with van der Waals surface area (Å²) in [5, 5.41) is 9.13. The summed E-state index contributed by atoms with van der Waals surface area (Å²) in [7, 11) is 0. The van der Waals surface area contributed by atoms with Gasteiger partial charge in [-0.05, 0) is 69.0 Å². The molecule has 2 rings (SSSR count). The highest BCUT2D eigenvalue weighted by atomic mass is 16.5. The average molecular weight is 355 g/mol. The maximum Gasteiger partial charge on any atom is 0.162 e. The van der Waals surface area contributed by atoms with Crippen molar-refractivity contribution in [2.45, 2.75) is 45.6 Å². The van der Waals surface area contributed by atoms with E-state index >= 15 is 0 Å². The van der Waals surface area contributed by atoms with Gasteiger partial charge in [0.1, 0.15) is 12.4 Å². The highest BCUT2D eigenvalue weighted by molar-refractivity contribution is 5.96. The van der Waals surface area contributed by atoms with Crippen molar-refractivity contribution in [1.29, 1.82) is 0 Å². The van der Waals surface area contributed by atoms with Crippen LogP contribution in [0.2, 0.25) is 0 Å². The van der Waals surface area contributed by atoms with Gasteiger partial charge in [0.2, 0.25) is 0 Å². The minimum absolute atomic E-state index is 0.139. The second-order valence-corrected chi connectivity index (χ2v) is 7.33. The molecular formula is C22H29NO3. The molecule has 0 aliphatic heterocycles. The van der Waals surface area contributed by atoms with Crippen LogP contribution < -0.4 is 10.5 Å². The fourth-order valence-electron chi connectivity index (χ4n) is 2.74. The second-order valence-electron chi connectivity index (χ2n) is 7.33. The molecule has 0 aromatic heterocycles. The summed E-state index contributed by atoms with van der Waals surface area (Å²) in [4.78, 5) is 12.4. The minimum Gasteiger partial charge on any atom is -0.492 e. The number of carbonyl (C=O) groups excluding carboxylic acids is 1. The van der Waals surface area contributed by atoms with Gasteiger partial charge in [0, 0.05) is 12.0 Å². The molecule has 0 bridgehead atoms. The molecule has 4 nitrogen and oxygen atoms in total. The van der Waals surface area contributed by atoms with Crippen LogP contribution in [0, 0.1) is 13.8 Å². The van der Waals surface area contributed by atoms with Gasteiger partial charge in [0.05, 0.1) is 12.1 Å². The number of ketones is 1. The maximum atomic E-state index is 12.4. The number of ether oxygens (including phenoxy) is 1. The van der Waals surface area contributed by atoms with Crippen LogP contribution in [0.5, 0.6) is 5.75 Å². The van der Waals surface area contributed by atoms with Crippen LogP contribution in [-0.2, 0) is 6.42 Å². The van der Waals surface area contributed by atoms with Gasteiger partial charge in [0.25, 0.3) is 0 Å². The van der Waals surface area contributed by atoms with Crippen LogP contribution in [0.15, 0.2) is 42.5 Å². The Bertz CT molecular complexity index is 736. The maximum absolute atomic E-state index is 12.4. The van der Waals surface area contributed by atoms with Gasteiger partial charge in [-0.15, -0.1) is 0 Å². The summed E-state index contributed by atoms with van der Waals surface area (Å²) in [6, 6.07) is 13.5. The minimum atomic E-state index is -0.775. The number of benzene rings is 2. The zero-order chi connectivity index (χ0) is 19.2. The Labute approximate surface area is 156 Å². The molecule has 140 valence electrons. The smallest absolute Gasteiger partial charge is 0.162 e. The van der Waals surface area contributed by atoms with E-state index in [9.17, 15) is 4.79 Å². The van der Waals surface area contributed by atoms with Crippen molar-refractivity contribution >= 4 is 5.78 Å². The topological polar surface area (TPSA) is 72.5 Å². The van der Waals surface area contributed by atoms with E-state index in [1.54, 1.807) is 31.2 Å². The zero-order valence-corrected chi connectivity index (χ0v) is 15.9. The third kappa shape index (κ3) is 5.97. The summed E-state index contributed by atoms with van der Waals surface area (Å²) >= 11 is 0. The van der Waals surface area contributed by atoms with Crippen molar-refractivity contribution in [3.63, 3.8) is 0 Å². The summed E-state index contributed by atoms with van der Waals surface area (Å²) in [6.07, 6.45) is 2.28. The lowest BCUT2D eigenvalue weighted by molar-refractivity contribution is 0.0980. The zero-order valence-electron chi connectivity index (χ0n) is 15.9. The Kier molecular flexibility index (Phi) is 6.95. The number of rotatable bonds is 9. The number of aliphatic hydroxyl groups excluding tert-OH is 1. The van der Waals surface area contributed by atoms with Gasteiger partial charge >= 0.3 is 0 Å². The highest BCUT2D eigenvalue weighted by Crippen LogP contribution is 2.17. The molecule has 0 heterocycles. The number of aliphatic hydroxyl groups is 1. The summed E-state index contributed by atoms with van der Waals surface area (Å²) in [5.41, 5.74) is 9.60. The fourth-order valence-corrected chi connectivity index (χ4v) is 2.74. The van der Waals surface area contributed by atoms with Crippen LogP contribution in [0.1, 0.15) is 46.8 Å². The Hall–Kier alpha value is -2.17. The van der Waals surface area contributed by atoms with Gasteiger partial charge in [-0.25, -0.2) is 0 Å². The van der Waals surface area contributed by atoms with E-state index in [1.807, 2.05) is 0 Å². The van der Waals surface area contributed by atoms with E-state index < -0.39 is 5.54 Å². The van der Waals surface area contributed by atoms with Gasteiger partial charge in [-0.3, -0.25) is 4.79 Å². The molecule has 0 aliphatic carbocycles. The van der Waals surface area contributed by atoms with E-state index in [2.05, 4.69) is 32.0 Å². The first-order valence-corrected chi connectivity index (χ1v) is 9.03. The molecule has 0 spiro atoms. The van der Waals surface area contributed by atoms with Crippen LogP contribution in [-0.4, -0.2) is 29.6 Å². The lowest BCUT2D eigenvalue weighted by Crippen LogP contribution is -2.45. The van der Waals surface area contributed by atoms with E-state index in [4.69, 9.17) is 15.6 Å². The average Bonchev–Trinajstić information content (AvgIpc) is 2.62. The molecule has 0 amide bonds. The van der Waals surface area contributed by atoms with Crippen LogP contribution in [0.4, 0.5) is 0 Å². The Morgan fingerprint density at radius 3 is 2.46 bits per heavy atom. The van der Waals surface area contributed by atoms with E-state index in [-0.39, 0.29) is 19.0 Å². The number of aryl methyl sites for hydroxylation is 3. The van der Waals surface area contributed by atoms with Crippen LogP contribution in [0.3, 0.4) is 0 Å². The van der Waals surface area contributed by atoms with Crippen LogP contribution in [0.25, 0.3) is 0 Å². The van der Waals surface area contributed by atoms with Gasteiger partial charge in [-0.2, -0.15) is 0 Å². The molecule has 1 atom stereocenters. The highest BCUT2D eigenvalue weighted by Gasteiger charge is 2.18. The lowest BCUT2D eigenvalue weighted by Gasteiger charge is -2.21. The summed E-state index contributed by atoms with van der Waals surface area (Å²) < 4.78 is 5.56. The molecule has 3 N–H and O–H groups in total. The predicted molar refractivity (Wildman–Crippen MR) is 105 cm³/mol. The van der Waals surface area contributed by atoms with Crippen molar-refractivity contribution in [3.8, 4) is 5.75 Å². The Balaban J connectivity index is 1.84. The molecule has 2 aromatic carbocycles. The Morgan fingerprint density at radius 2 is 1.85 bits per heavy atom. The van der Waals surface area contributed by atoms with Gasteiger partial charge in [0.15, 0.2) is 5.78 Å². The second kappa shape index (κ2) is 8.97. The third-order valence-corrected chi connectivity index (χ3v) is 4.45. The van der Waals surface area contributed by atoms with E-state index in [1.165, 1.54) is 16.7 Å². The first-order chi connectivity index (χ1) is 12.3. The van der Waals surface area contributed by atoms with E-state index in [0.29, 0.717) is 17.7 Å². The lowest BCUT2D eigenvalue weighted by atomic mass is 9.98. The molecule has 0 fully saturated rings. The number of carbonyl (C=O) groups is 1. The largest absolute Gasteiger partial charge is 0.492 e. The van der Waals surface area contributed by atoms with Crippen molar-refractivity contribution in [3.05, 3.63) is 64.7 Å². The van der Waals surface area contributed by atoms with Crippen molar-refractivity contribution in [1.82, 2.24) is 0 Å². The van der Waals surface area contributed by atoms with E-state index in [0.717, 1.165) is 12.8 Å². The molecule has 2 aromatic rings. The summed E-state index contributed by atoms with van der Waals surface area (Å²) in [5.74, 6) is 0.780. The molecule has 1 unspecified atom stereocenters. The molecular weight excluding hydrogens is 326 g/mol. The molecule has 0 radical (unpaired) electrons. The number of hydrogen-bond donors (Lipinski definition) is 2. The fraction of sp³-hybridized carbons (Fsp3) is 0.409. The molecule has 26 heavy (non-hydrogen) atoms. The first kappa shape index (κ1) is 20.1. The van der Waals surface area contributed by atoms with Crippen LogP contribution >= 0.6 is 0 Å². The van der Waals surface area contributed by atoms with Crippen molar-refractivity contribution in [2.75, 3.05) is 13.2 Å². The third-order valence-electron chi connectivity index (χ3n) is 4.45. The monoisotopic (exact) mass is 355 g/mol. The number of hydrogen-bond acceptors (Lipinski definition) is 4.